The summed E-state index contributed by atoms with van der Waals surface area (Å²) in [6, 6.07) is 4.04. The van der Waals surface area contributed by atoms with Crippen LogP contribution in [0.5, 0.6) is 0 Å². The Morgan fingerprint density at radius 1 is 1.33 bits per heavy atom. The average molecular weight is 263 g/mol. The van der Waals surface area contributed by atoms with E-state index in [1.54, 1.807) is 12.4 Å². The molecular formula is C13H15ClN4. The summed E-state index contributed by atoms with van der Waals surface area (Å²) in [5, 5.41) is 3.50. The topological polar surface area (TPSA) is 50.7 Å². The van der Waals surface area contributed by atoms with Gasteiger partial charge in [0.2, 0.25) is 5.28 Å². The van der Waals surface area contributed by atoms with Crippen LogP contribution in [0.3, 0.4) is 0 Å². The minimum Gasteiger partial charge on any atom is -0.364 e. The van der Waals surface area contributed by atoms with E-state index >= 15 is 0 Å². The van der Waals surface area contributed by atoms with E-state index in [1.165, 1.54) is 5.56 Å². The Kier molecular flexibility index (Phi) is 4.10. The smallest absolute Gasteiger partial charge is 0.224 e. The average Bonchev–Trinajstić information content (AvgIpc) is 2.40. The minimum absolute atomic E-state index is 0.250. The molecule has 0 aliphatic heterocycles. The lowest BCUT2D eigenvalue weighted by atomic mass is 10.1. The summed E-state index contributed by atoms with van der Waals surface area (Å²) in [4.78, 5) is 12.5. The molecule has 2 heterocycles. The molecule has 0 amide bonds. The van der Waals surface area contributed by atoms with Crippen molar-refractivity contribution >= 4 is 17.4 Å². The van der Waals surface area contributed by atoms with E-state index in [4.69, 9.17) is 11.6 Å². The van der Waals surface area contributed by atoms with Gasteiger partial charge in [0.25, 0.3) is 0 Å². The molecule has 0 aliphatic carbocycles. The second-order valence-corrected chi connectivity index (χ2v) is 4.33. The summed E-state index contributed by atoms with van der Waals surface area (Å²) in [6.45, 7) is 4.70. The molecule has 0 radical (unpaired) electrons. The van der Waals surface area contributed by atoms with Crippen LogP contribution in [0.2, 0.25) is 5.28 Å². The maximum Gasteiger partial charge on any atom is 0.224 e. The van der Waals surface area contributed by atoms with Gasteiger partial charge in [0.05, 0.1) is 12.2 Å². The Bertz CT molecular complexity index is 542. The van der Waals surface area contributed by atoms with E-state index in [2.05, 4.69) is 33.3 Å². The van der Waals surface area contributed by atoms with E-state index in [0.717, 1.165) is 23.5 Å². The normalized spacial score (nSPS) is 10.4. The molecule has 0 unspecified atom stereocenters. The van der Waals surface area contributed by atoms with Gasteiger partial charge in [0.15, 0.2) is 0 Å². The van der Waals surface area contributed by atoms with Crippen molar-refractivity contribution in [3.8, 4) is 0 Å². The number of aryl methyl sites for hydroxylation is 2. The second kappa shape index (κ2) is 5.78. The monoisotopic (exact) mass is 262 g/mol. The fraction of sp³-hybridized carbons (Fsp3) is 0.308. The Morgan fingerprint density at radius 2 is 2.17 bits per heavy atom. The molecule has 0 fully saturated rings. The zero-order chi connectivity index (χ0) is 13.0. The van der Waals surface area contributed by atoms with Crippen molar-refractivity contribution in [1.82, 2.24) is 15.0 Å². The lowest BCUT2D eigenvalue weighted by Gasteiger charge is -2.10. The first-order chi connectivity index (χ1) is 8.70. The van der Waals surface area contributed by atoms with Gasteiger partial charge >= 0.3 is 0 Å². The SMILES string of the molecule is CCc1cccnc1CNc1nc(Cl)ncc1C. The first-order valence-corrected chi connectivity index (χ1v) is 6.24. The van der Waals surface area contributed by atoms with Gasteiger partial charge in [-0.3, -0.25) is 4.98 Å². The molecule has 0 aliphatic rings. The fourth-order valence-corrected chi connectivity index (χ4v) is 1.85. The third-order valence-corrected chi connectivity index (χ3v) is 2.91. The largest absolute Gasteiger partial charge is 0.364 e. The van der Waals surface area contributed by atoms with Crippen molar-refractivity contribution in [2.45, 2.75) is 26.8 Å². The van der Waals surface area contributed by atoms with E-state index in [0.29, 0.717) is 6.54 Å². The molecule has 0 atom stereocenters. The molecule has 0 saturated heterocycles. The van der Waals surface area contributed by atoms with Crippen molar-refractivity contribution in [2.75, 3.05) is 5.32 Å². The van der Waals surface area contributed by atoms with Crippen molar-refractivity contribution in [3.63, 3.8) is 0 Å². The maximum atomic E-state index is 5.78. The number of aromatic nitrogens is 3. The lowest BCUT2D eigenvalue weighted by molar-refractivity contribution is 0.957. The molecule has 0 saturated carbocycles. The van der Waals surface area contributed by atoms with Crippen molar-refractivity contribution in [1.29, 1.82) is 0 Å². The summed E-state index contributed by atoms with van der Waals surface area (Å²) in [6.07, 6.45) is 4.47. The number of pyridine rings is 1. The van der Waals surface area contributed by atoms with Crippen LogP contribution in [-0.4, -0.2) is 15.0 Å². The van der Waals surface area contributed by atoms with E-state index < -0.39 is 0 Å². The number of anilines is 1. The summed E-state index contributed by atoms with van der Waals surface area (Å²) >= 11 is 5.78. The fourth-order valence-electron chi connectivity index (χ4n) is 1.72. The quantitative estimate of drug-likeness (QED) is 0.861. The van der Waals surface area contributed by atoms with E-state index in [1.807, 2.05) is 13.0 Å². The molecule has 2 rings (SSSR count). The van der Waals surface area contributed by atoms with Gasteiger partial charge in [-0.1, -0.05) is 13.0 Å². The molecule has 0 spiro atoms. The van der Waals surface area contributed by atoms with Gasteiger partial charge in [-0.15, -0.1) is 0 Å². The number of nitrogens with zero attached hydrogens (tertiary/aromatic N) is 3. The summed E-state index contributed by atoms with van der Waals surface area (Å²) < 4.78 is 0. The molecule has 2 aromatic rings. The van der Waals surface area contributed by atoms with Gasteiger partial charge in [0, 0.05) is 18.0 Å². The van der Waals surface area contributed by atoms with Crippen molar-refractivity contribution in [3.05, 3.63) is 46.6 Å². The first-order valence-electron chi connectivity index (χ1n) is 5.86. The Balaban J connectivity index is 2.14. The highest BCUT2D eigenvalue weighted by molar-refractivity contribution is 6.28. The molecule has 0 aromatic carbocycles. The summed E-state index contributed by atoms with van der Waals surface area (Å²) in [5.74, 6) is 0.753. The van der Waals surface area contributed by atoms with Crippen LogP contribution in [0.4, 0.5) is 5.82 Å². The van der Waals surface area contributed by atoms with Crippen LogP contribution < -0.4 is 5.32 Å². The Morgan fingerprint density at radius 3 is 2.94 bits per heavy atom. The summed E-state index contributed by atoms with van der Waals surface area (Å²) in [5.41, 5.74) is 3.24. The summed E-state index contributed by atoms with van der Waals surface area (Å²) in [7, 11) is 0. The van der Waals surface area contributed by atoms with Crippen LogP contribution in [0, 0.1) is 6.92 Å². The highest BCUT2D eigenvalue weighted by Crippen LogP contribution is 2.14. The van der Waals surface area contributed by atoms with E-state index in [-0.39, 0.29) is 5.28 Å². The predicted molar refractivity (Wildman–Crippen MR) is 72.7 cm³/mol. The van der Waals surface area contributed by atoms with Crippen LogP contribution in [0.15, 0.2) is 24.5 Å². The van der Waals surface area contributed by atoms with Gasteiger partial charge < -0.3 is 5.32 Å². The number of nitrogens with one attached hydrogen (secondary N) is 1. The van der Waals surface area contributed by atoms with Gasteiger partial charge in [-0.25, -0.2) is 9.97 Å². The molecule has 18 heavy (non-hydrogen) atoms. The van der Waals surface area contributed by atoms with Crippen LogP contribution in [0.25, 0.3) is 0 Å². The van der Waals surface area contributed by atoms with Crippen molar-refractivity contribution in [2.24, 2.45) is 0 Å². The van der Waals surface area contributed by atoms with Crippen LogP contribution >= 0.6 is 11.6 Å². The Labute approximate surface area is 111 Å². The molecule has 4 nitrogen and oxygen atoms in total. The van der Waals surface area contributed by atoms with Crippen molar-refractivity contribution < 1.29 is 0 Å². The van der Waals surface area contributed by atoms with Crippen LogP contribution in [-0.2, 0) is 13.0 Å². The number of halogens is 1. The first kappa shape index (κ1) is 12.8. The highest BCUT2D eigenvalue weighted by Gasteiger charge is 2.05. The maximum absolute atomic E-state index is 5.78. The molecule has 2 aromatic heterocycles. The highest BCUT2D eigenvalue weighted by atomic mass is 35.5. The number of hydrogen-bond donors (Lipinski definition) is 1. The number of rotatable bonds is 4. The standard InChI is InChI=1S/C13H15ClN4/c1-3-10-5-4-6-15-11(10)8-16-12-9(2)7-17-13(14)18-12/h4-7H,3,8H2,1-2H3,(H,16,17,18). The molecular weight excluding hydrogens is 248 g/mol. The zero-order valence-corrected chi connectivity index (χ0v) is 11.2. The second-order valence-electron chi connectivity index (χ2n) is 3.99. The molecule has 94 valence electrons. The van der Waals surface area contributed by atoms with E-state index in [9.17, 15) is 0 Å². The van der Waals surface area contributed by atoms with Crippen LogP contribution in [0.1, 0.15) is 23.7 Å². The Hall–Kier alpha value is -1.68. The zero-order valence-electron chi connectivity index (χ0n) is 10.4. The molecule has 5 heteroatoms. The lowest BCUT2D eigenvalue weighted by Crippen LogP contribution is -2.07. The van der Waals surface area contributed by atoms with Gasteiger partial charge in [-0.05, 0) is 36.6 Å². The molecule has 0 bridgehead atoms. The molecule has 1 N–H and O–H groups in total. The number of hydrogen-bond acceptors (Lipinski definition) is 4. The minimum atomic E-state index is 0.250. The van der Waals surface area contributed by atoms with Gasteiger partial charge in [-0.2, -0.15) is 0 Å². The third-order valence-electron chi connectivity index (χ3n) is 2.73. The third kappa shape index (κ3) is 2.96. The predicted octanol–water partition coefficient (Wildman–Crippen LogP) is 3.01. The van der Waals surface area contributed by atoms with Gasteiger partial charge in [0.1, 0.15) is 5.82 Å².